The Hall–Kier alpha value is -1.66. The fraction of sp³-hybridized carbons (Fsp3) is 0.273. The second-order valence-electron chi connectivity index (χ2n) is 3.46. The zero-order valence-corrected chi connectivity index (χ0v) is 10.2. The maximum absolute atomic E-state index is 12.7. The number of carboxylic acid groups (broad SMARTS) is 1. The Morgan fingerprint density at radius 2 is 2.22 bits per heavy atom. The van der Waals surface area contributed by atoms with Gasteiger partial charge in [-0.15, -0.1) is 0 Å². The third-order valence-corrected chi connectivity index (χ3v) is 2.33. The molecule has 1 atom stereocenters. The predicted octanol–water partition coefficient (Wildman–Crippen LogP) is 1.91. The maximum Gasteiger partial charge on any atom is 0.332 e. The summed E-state index contributed by atoms with van der Waals surface area (Å²) in [6.07, 6.45) is -1.08. The van der Waals surface area contributed by atoms with Gasteiger partial charge in [0.05, 0.1) is 10.7 Å². The molecule has 7 heteroatoms. The molecular formula is C11H11ClFNO4. The van der Waals surface area contributed by atoms with E-state index >= 15 is 0 Å². The van der Waals surface area contributed by atoms with E-state index in [-0.39, 0.29) is 10.7 Å². The third kappa shape index (κ3) is 4.31. The highest BCUT2D eigenvalue weighted by atomic mass is 35.5. The molecule has 2 N–H and O–H groups in total. The molecule has 0 spiro atoms. The number of carboxylic acids is 1. The highest BCUT2D eigenvalue weighted by Crippen LogP contribution is 2.22. The lowest BCUT2D eigenvalue weighted by atomic mass is 10.3. The number of hydrogen-bond acceptors (Lipinski definition) is 3. The van der Waals surface area contributed by atoms with E-state index in [1.54, 1.807) is 0 Å². The molecule has 1 amide bonds. The van der Waals surface area contributed by atoms with Gasteiger partial charge in [0.25, 0.3) is 0 Å². The van der Waals surface area contributed by atoms with E-state index in [2.05, 4.69) is 5.32 Å². The summed E-state index contributed by atoms with van der Waals surface area (Å²) in [5.74, 6) is -2.26. The topological polar surface area (TPSA) is 75.6 Å². The number of carbonyl (C=O) groups is 2. The molecule has 0 radical (unpaired) electrons. The molecule has 1 aromatic carbocycles. The van der Waals surface area contributed by atoms with E-state index in [9.17, 15) is 14.0 Å². The van der Waals surface area contributed by atoms with E-state index < -0.39 is 30.4 Å². The lowest BCUT2D eigenvalue weighted by molar-refractivity contribution is -0.150. The molecule has 0 aromatic heterocycles. The van der Waals surface area contributed by atoms with E-state index in [1.165, 1.54) is 13.0 Å². The van der Waals surface area contributed by atoms with Crippen LogP contribution in [0.1, 0.15) is 6.92 Å². The van der Waals surface area contributed by atoms with Crippen molar-refractivity contribution < 1.29 is 23.8 Å². The first-order valence-corrected chi connectivity index (χ1v) is 5.37. The average Bonchev–Trinajstić information content (AvgIpc) is 2.29. The van der Waals surface area contributed by atoms with E-state index in [0.717, 1.165) is 12.1 Å². The Labute approximate surface area is 108 Å². The number of anilines is 1. The van der Waals surface area contributed by atoms with Crippen LogP contribution in [0.25, 0.3) is 0 Å². The van der Waals surface area contributed by atoms with E-state index in [4.69, 9.17) is 21.4 Å². The van der Waals surface area contributed by atoms with Crippen LogP contribution in [0.5, 0.6) is 0 Å². The van der Waals surface area contributed by atoms with Gasteiger partial charge in [-0.05, 0) is 25.1 Å². The van der Waals surface area contributed by atoms with Crippen LogP contribution in [0.4, 0.5) is 10.1 Å². The van der Waals surface area contributed by atoms with Crippen molar-refractivity contribution in [1.82, 2.24) is 0 Å². The summed E-state index contributed by atoms with van der Waals surface area (Å²) < 4.78 is 17.5. The molecule has 98 valence electrons. The van der Waals surface area contributed by atoms with Crippen LogP contribution in [0.15, 0.2) is 18.2 Å². The molecule has 0 saturated carbocycles. The smallest absolute Gasteiger partial charge is 0.332 e. The molecular weight excluding hydrogens is 265 g/mol. The molecule has 0 aliphatic rings. The number of ether oxygens (including phenoxy) is 1. The zero-order chi connectivity index (χ0) is 13.7. The molecule has 0 heterocycles. The molecule has 0 fully saturated rings. The van der Waals surface area contributed by atoms with Crippen molar-refractivity contribution in [3.63, 3.8) is 0 Å². The van der Waals surface area contributed by atoms with Crippen LogP contribution in [-0.4, -0.2) is 29.7 Å². The molecule has 0 aliphatic carbocycles. The Bertz CT molecular complexity index is 466. The van der Waals surface area contributed by atoms with E-state index in [0.29, 0.717) is 0 Å². The molecule has 18 heavy (non-hydrogen) atoms. The summed E-state index contributed by atoms with van der Waals surface area (Å²) in [5.41, 5.74) is 0.231. The Balaban J connectivity index is 2.52. The molecule has 1 aromatic rings. The van der Waals surface area contributed by atoms with E-state index in [1.807, 2.05) is 0 Å². The Kier molecular flexibility index (Phi) is 5.06. The first kappa shape index (κ1) is 14.4. The van der Waals surface area contributed by atoms with Gasteiger partial charge in [-0.1, -0.05) is 11.6 Å². The van der Waals surface area contributed by atoms with Gasteiger partial charge >= 0.3 is 5.97 Å². The van der Waals surface area contributed by atoms with Crippen molar-refractivity contribution in [1.29, 1.82) is 0 Å². The average molecular weight is 276 g/mol. The molecule has 0 aliphatic heterocycles. The molecule has 0 saturated heterocycles. The number of halogens is 2. The lowest BCUT2D eigenvalue weighted by Crippen LogP contribution is -2.26. The molecule has 0 bridgehead atoms. The monoisotopic (exact) mass is 275 g/mol. The van der Waals surface area contributed by atoms with Gasteiger partial charge in [0, 0.05) is 0 Å². The standard InChI is InChI=1S/C11H11ClFNO4/c1-6(11(16)17)18-5-10(15)14-9-3-2-7(13)4-8(9)12/h2-4,6H,5H2,1H3,(H,14,15)(H,16,17). The largest absolute Gasteiger partial charge is 0.479 e. The second-order valence-corrected chi connectivity index (χ2v) is 3.87. The fourth-order valence-corrected chi connectivity index (χ4v) is 1.26. The summed E-state index contributed by atoms with van der Waals surface area (Å²) in [7, 11) is 0. The van der Waals surface area contributed by atoms with Crippen LogP contribution < -0.4 is 5.32 Å². The van der Waals surface area contributed by atoms with Crippen molar-refractivity contribution in [2.75, 3.05) is 11.9 Å². The van der Waals surface area contributed by atoms with Gasteiger partial charge in [-0.3, -0.25) is 4.79 Å². The summed E-state index contributed by atoms with van der Waals surface area (Å²) in [6, 6.07) is 3.50. The predicted molar refractivity (Wildman–Crippen MR) is 63.1 cm³/mol. The van der Waals surface area contributed by atoms with Crippen molar-refractivity contribution in [3.05, 3.63) is 29.0 Å². The highest BCUT2D eigenvalue weighted by Gasteiger charge is 2.14. The third-order valence-electron chi connectivity index (χ3n) is 2.02. The van der Waals surface area contributed by atoms with Crippen LogP contribution >= 0.6 is 11.6 Å². The number of hydrogen-bond donors (Lipinski definition) is 2. The minimum atomic E-state index is -1.16. The molecule has 1 rings (SSSR count). The van der Waals surface area contributed by atoms with Crippen LogP contribution in [0.2, 0.25) is 5.02 Å². The van der Waals surface area contributed by atoms with Gasteiger partial charge in [-0.2, -0.15) is 0 Å². The minimum absolute atomic E-state index is 0.0506. The Morgan fingerprint density at radius 1 is 1.56 bits per heavy atom. The van der Waals surface area contributed by atoms with Gasteiger partial charge in [0.2, 0.25) is 5.91 Å². The summed E-state index contributed by atoms with van der Waals surface area (Å²) in [6.45, 7) is 0.877. The van der Waals surface area contributed by atoms with Crippen molar-refractivity contribution in [3.8, 4) is 0 Å². The number of benzene rings is 1. The van der Waals surface area contributed by atoms with Gasteiger partial charge < -0.3 is 15.2 Å². The number of amides is 1. The minimum Gasteiger partial charge on any atom is -0.479 e. The van der Waals surface area contributed by atoms with Crippen LogP contribution in [0, 0.1) is 5.82 Å². The van der Waals surface area contributed by atoms with Crippen molar-refractivity contribution in [2.24, 2.45) is 0 Å². The van der Waals surface area contributed by atoms with Crippen LogP contribution in [0.3, 0.4) is 0 Å². The lowest BCUT2D eigenvalue weighted by Gasteiger charge is -2.10. The zero-order valence-electron chi connectivity index (χ0n) is 9.44. The number of carbonyl (C=O) groups excluding carboxylic acids is 1. The number of nitrogens with one attached hydrogen (secondary N) is 1. The SMILES string of the molecule is CC(OCC(=O)Nc1ccc(F)cc1Cl)C(=O)O. The normalized spacial score (nSPS) is 11.9. The first-order valence-electron chi connectivity index (χ1n) is 4.99. The fourth-order valence-electron chi connectivity index (χ4n) is 1.05. The van der Waals surface area contributed by atoms with Crippen LogP contribution in [-0.2, 0) is 14.3 Å². The number of aliphatic carboxylic acids is 1. The molecule has 5 nitrogen and oxygen atoms in total. The summed E-state index contributed by atoms with van der Waals surface area (Å²) >= 11 is 5.70. The van der Waals surface area contributed by atoms with Crippen molar-refractivity contribution in [2.45, 2.75) is 13.0 Å². The van der Waals surface area contributed by atoms with Gasteiger partial charge in [0.15, 0.2) is 6.10 Å². The maximum atomic E-state index is 12.7. The van der Waals surface area contributed by atoms with Crippen molar-refractivity contribution >= 4 is 29.2 Å². The second kappa shape index (κ2) is 6.32. The first-order chi connectivity index (χ1) is 8.40. The highest BCUT2D eigenvalue weighted by molar-refractivity contribution is 6.33. The van der Waals surface area contributed by atoms with Gasteiger partial charge in [0.1, 0.15) is 12.4 Å². The number of rotatable bonds is 5. The summed E-state index contributed by atoms with van der Waals surface area (Å²) in [5, 5.41) is 11.0. The Morgan fingerprint density at radius 3 is 2.78 bits per heavy atom. The van der Waals surface area contributed by atoms with Gasteiger partial charge in [-0.25, -0.2) is 9.18 Å². The summed E-state index contributed by atoms with van der Waals surface area (Å²) in [4.78, 5) is 21.8. The quantitative estimate of drug-likeness (QED) is 0.861. The molecule has 1 unspecified atom stereocenters.